The molecule has 0 aromatic heterocycles. The zero-order valence-corrected chi connectivity index (χ0v) is 11.3. The fourth-order valence-electron chi connectivity index (χ4n) is 1.55. The van der Waals surface area contributed by atoms with Gasteiger partial charge in [-0.25, -0.2) is 0 Å². The summed E-state index contributed by atoms with van der Waals surface area (Å²) in [5.41, 5.74) is 10.5. The van der Waals surface area contributed by atoms with Gasteiger partial charge in [0.2, 0.25) is 0 Å². The summed E-state index contributed by atoms with van der Waals surface area (Å²) in [6, 6.07) is 3.90. The van der Waals surface area contributed by atoms with Gasteiger partial charge in [0.15, 0.2) is 5.96 Å². The van der Waals surface area contributed by atoms with Gasteiger partial charge in [-0.1, -0.05) is 19.9 Å². The quantitative estimate of drug-likeness (QED) is 0.419. The number of guanidine groups is 1. The van der Waals surface area contributed by atoms with E-state index in [1.807, 2.05) is 0 Å². The highest BCUT2D eigenvalue weighted by Gasteiger charge is 2.20. The predicted octanol–water partition coefficient (Wildman–Crippen LogP) is 0.470. The van der Waals surface area contributed by atoms with Crippen LogP contribution in [0.2, 0.25) is 0 Å². The highest BCUT2D eigenvalue weighted by molar-refractivity contribution is 7.85. The number of hydrogen-bond acceptors (Lipinski definition) is 3. The third-order valence-electron chi connectivity index (χ3n) is 2.39. The SMILES string of the molecule is CC(C)c1ccc(C(=O)N=C(N)N)cc1S(=O)(=O)O. The number of aliphatic imine (C=N–C) groups is 1. The second-order valence-electron chi connectivity index (χ2n) is 4.22. The van der Waals surface area contributed by atoms with E-state index in [2.05, 4.69) is 4.99 Å². The molecule has 0 heterocycles. The Bertz CT molecular complexity index is 631. The van der Waals surface area contributed by atoms with Crippen LogP contribution in [0.5, 0.6) is 0 Å². The maximum atomic E-state index is 11.6. The second kappa shape index (κ2) is 5.37. The molecule has 0 atom stereocenters. The molecule has 0 aliphatic heterocycles. The molecule has 7 nitrogen and oxygen atoms in total. The van der Waals surface area contributed by atoms with Crippen LogP contribution in [0.3, 0.4) is 0 Å². The summed E-state index contributed by atoms with van der Waals surface area (Å²) < 4.78 is 31.8. The van der Waals surface area contributed by atoms with Crippen LogP contribution in [0.4, 0.5) is 0 Å². The van der Waals surface area contributed by atoms with Crippen LogP contribution in [0.15, 0.2) is 28.1 Å². The minimum atomic E-state index is -4.43. The lowest BCUT2D eigenvalue weighted by Crippen LogP contribution is -2.24. The van der Waals surface area contributed by atoms with Gasteiger partial charge in [-0.2, -0.15) is 13.4 Å². The first kappa shape index (κ1) is 15.1. The number of amides is 1. The van der Waals surface area contributed by atoms with Crippen molar-refractivity contribution in [3.63, 3.8) is 0 Å². The van der Waals surface area contributed by atoms with E-state index in [1.165, 1.54) is 12.1 Å². The minimum absolute atomic E-state index is 0.0228. The summed E-state index contributed by atoms with van der Waals surface area (Å²) >= 11 is 0. The summed E-state index contributed by atoms with van der Waals surface area (Å²) in [6.45, 7) is 3.53. The van der Waals surface area contributed by atoms with Gasteiger partial charge in [0.05, 0.1) is 4.90 Å². The maximum Gasteiger partial charge on any atom is 0.294 e. The Labute approximate surface area is 111 Å². The standard InChI is InChI=1S/C11H15N3O4S/c1-6(2)8-4-3-7(10(15)14-11(12)13)5-9(8)19(16,17)18/h3-6H,1-2H3,(H,16,17,18)(H4,12,13,14,15). The average molecular weight is 285 g/mol. The lowest BCUT2D eigenvalue weighted by molar-refractivity contribution is 0.100. The third-order valence-corrected chi connectivity index (χ3v) is 3.30. The van der Waals surface area contributed by atoms with Crippen molar-refractivity contribution in [1.29, 1.82) is 0 Å². The molecule has 0 aliphatic carbocycles. The predicted molar refractivity (Wildman–Crippen MR) is 70.5 cm³/mol. The van der Waals surface area contributed by atoms with Crippen molar-refractivity contribution in [2.75, 3.05) is 0 Å². The number of carbonyl (C=O) groups is 1. The number of rotatable bonds is 3. The first-order valence-electron chi connectivity index (χ1n) is 5.38. The van der Waals surface area contributed by atoms with E-state index in [-0.39, 0.29) is 16.4 Å². The van der Waals surface area contributed by atoms with Crippen molar-refractivity contribution in [2.24, 2.45) is 16.5 Å². The molecule has 0 unspecified atom stereocenters. The molecule has 0 spiro atoms. The van der Waals surface area contributed by atoms with Crippen molar-refractivity contribution < 1.29 is 17.8 Å². The van der Waals surface area contributed by atoms with Gasteiger partial charge in [0.1, 0.15) is 0 Å². The zero-order chi connectivity index (χ0) is 14.8. The lowest BCUT2D eigenvalue weighted by Gasteiger charge is -2.11. The molecule has 1 rings (SSSR count). The van der Waals surface area contributed by atoms with Crippen LogP contribution in [0, 0.1) is 0 Å². The van der Waals surface area contributed by atoms with Gasteiger partial charge in [0.25, 0.3) is 16.0 Å². The molecule has 1 aromatic rings. The van der Waals surface area contributed by atoms with Crippen molar-refractivity contribution in [1.82, 2.24) is 0 Å². The molecule has 5 N–H and O–H groups in total. The Hall–Kier alpha value is -1.93. The molecule has 0 bridgehead atoms. The molecule has 19 heavy (non-hydrogen) atoms. The average Bonchev–Trinajstić information content (AvgIpc) is 2.25. The second-order valence-corrected chi connectivity index (χ2v) is 5.61. The third kappa shape index (κ3) is 3.76. The van der Waals surface area contributed by atoms with E-state index in [0.29, 0.717) is 5.56 Å². The van der Waals surface area contributed by atoms with Gasteiger partial charge in [-0.3, -0.25) is 9.35 Å². The normalized spacial score (nSPS) is 11.4. The van der Waals surface area contributed by atoms with Crippen LogP contribution in [-0.2, 0) is 10.1 Å². The molecule has 1 aromatic carbocycles. The Balaban J connectivity index is 3.43. The van der Waals surface area contributed by atoms with Crippen LogP contribution < -0.4 is 11.5 Å². The summed E-state index contributed by atoms with van der Waals surface area (Å²) in [5.74, 6) is -1.34. The summed E-state index contributed by atoms with van der Waals surface area (Å²) in [4.78, 5) is 14.6. The van der Waals surface area contributed by atoms with E-state index in [9.17, 15) is 17.8 Å². The van der Waals surface area contributed by atoms with Crippen LogP contribution in [-0.4, -0.2) is 24.8 Å². The maximum absolute atomic E-state index is 11.6. The van der Waals surface area contributed by atoms with Crippen molar-refractivity contribution in [3.05, 3.63) is 29.3 Å². The molecule has 0 saturated heterocycles. The molecule has 0 saturated carbocycles. The minimum Gasteiger partial charge on any atom is -0.370 e. The van der Waals surface area contributed by atoms with Crippen molar-refractivity contribution >= 4 is 22.0 Å². The highest BCUT2D eigenvalue weighted by Crippen LogP contribution is 2.25. The number of nitrogens with zero attached hydrogens (tertiary/aromatic N) is 1. The molecule has 1 amide bonds. The first-order chi connectivity index (χ1) is 8.62. The van der Waals surface area contributed by atoms with Crippen LogP contribution in [0.25, 0.3) is 0 Å². The molecule has 104 valence electrons. The summed E-state index contributed by atoms with van der Waals surface area (Å²) in [6.07, 6.45) is 0. The molecular formula is C11H15N3O4S. The van der Waals surface area contributed by atoms with E-state index >= 15 is 0 Å². The Morgan fingerprint density at radius 1 is 1.32 bits per heavy atom. The molecule has 0 aliphatic rings. The van der Waals surface area contributed by atoms with E-state index < -0.39 is 22.0 Å². The Morgan fingerprint density at radius 3 is 2.32 bits per heavy atom. The number of nitrogens with two attached hydrogens (primary N) is 2. The van der Waals surface area contributed by atoms with Gasteiger partial charge in [-0.15, -0.1) is 0 Å². The molecule has 8 heteroatoms. The van der Waals surface area contributed by atoms with E-state index in [4.69, 9.17) is 11.5 Å². The summed E-state index contributed by atoms with van der Waals surface area (Å²) in [7, 11) is -4.43. The number of benzene rings is 1. The van der Waals surface area contributed by atoms with Gasteiger partial charge in [-0.05, 0) is 23.6 Å². The van der Waals surface area contributed by atoms with E-state index in [0.717, 1.165) is 6.07 Å². The Kier molecular flexibility index (Phi) is 4.28. The lowest BCUT2D eigenvalue weighted by atomic mass is 10.0. The van der Waals surface area contributed by atoms with Gasteiger partial charge >= 0.3 is 0 Å². The monoisotopic (exact) mass is 285 g/mol. The first-order valence-corrected chi connectivity index (χ1v) is 6.82. The zero-order valence-electron chi connectivity index (χ0n) is 10.5. The smallest absolute Gasteiger partial charge is 0.294 e. The topological polar surface area (TPSA) is 136 Å². The van der Waals surface area contributed by atoms with Gasteiger partial charge in [0, 0.05) is 5.56 Å². The molecular weight excluding hydrogens is 270 g/mol. The Morgan fingerprint density at radius 2 is 1.89 bits per heavy atom. The van der Waals surface area contributed by atoms with Crippen LogP contribution >= 0.6 is 0 Å². The highest BCUT2D eigenvalue weighted by atomic mass is 32.2. The number of carbonyl (C=O) groups excluding carboxylic acids is 1. The van der Waals surface area contributed by atoms with Crippen LogP contribution in [0.1, 0.15) is 35.7 Å². The molecule has 0 fully saturated rings. The molecule has 0 radical (unpaired) electrons. The van der Waals surface area contributed by atoms with E-state index in [1.54, 1.807) is 13.8 Å². The largest absolute Gasteiger partial charge is 0.370 e. The number of hydrogen-bond donors (Lipinski definition) is 3. The van der Waals surface area contributed by atoms with Crippen molar-refractivity contribution in [3.8, 4) is 0 Å². The fourth-order valence-corrected chi connectivity index (χ4v) is 2.43. The fraction of sp³-hybridized carbons (Fsp3) is 0.273. The van der Waals surface area contributed by atoms with Gasteiger partial charge < -0.3 is 11.5 Å². The summed E-state index contributed by atoms with van der Waals surface area (Å²) in [5, 5.41) is 0. The van der Waals surface area contributed by atoms with Crippen molar-refractivity contribution in [2.45, 2.75) is 24.7 Å².